The largest absolute Gasteiger partial charge is 0.379 e. The van der Waals surface area contributed by atoms with Crippen molar-refractivity contribution in [3.63, 3.8) is 0 Å². The van der Waals surface area contributed by atoms with Gasteiger partial charge in [-0.2, -0.15) is 0 Å². The molecule has 1 amide bonds. The molecular formula is C17H25N5O3S. The zero-order valence-corrected chi connectivity index (χ0v) is 16.2. The molecule has 3 rings (SSSR count). The number of hydrogen-bond acceptors (Lipinski definition) is 7. The quantitative estimate of drug-likeness (QED) is 0.756. The number of fused-ring (bicyclic) bond motifs is 1. The van der Waals surface area contributed by atoms with Crippen LogP contribution in [0.1, 0.15) is 21.1 Å². The van der Waals surface area contributed by atoms with Gasteiger partial charge < -0.3 is 19.9 Å². The van der Waals surface area contributed by atoms with Gasteiger partial charge >= 0.3 is 0 Å². The van der Waals surface area contributed by atoms with E-state index in [1.165, 1.54) is 11.3 Å². The van der Waals surface area contributed by atoms with Crippen LogP contribution < -0.4 is 10.9 Å². The molecule has 0 bridgehead atoms. The molecule has 26 heavy (non-hydrogen) atoms. The number of rotatable bonds is 6. The van der Waals surface area contributed by atoms with Crippen LogP contribution in [0.15, 0.2) is 4.79 Å². The Morgan fingerprint density at radius 2 is 2.12 bits per heavy atom. The molecule has 2 aromatic rings. The summed E-state index contributed by atoms with van der Waals surface area (Å²) in [6.45, 7) is 6.99. The van der Waals surface area contributed by atoms with Crippen LogP contribution in [0.25, 0.3) is 10.2 Å². The third kappa shape index (κ3) is 4.29. The molecule has 0 aromatic carbocycles. The summed E-state index contributed by atoms with van der Waals surface area (Å²) in [7, 11) is 3.83. The van der Waals surface area contributed by atoms with Crippen LogP contribution in [-0.2, 0) is 11.3 Å². The van der Waals surface area contributed by atoms with Gasteiger partial charge in [-0.25, -0.2) is 4.98 Å². The number of carbonyl (C=O) groups is 1. The number of morpholine rings is 1. The molecule has 0 spiro atoms. The van der Waals surface area contributed by atoms with E-state index in [4.69, 9.17) is 4.74 Å². The summed E-state index contributed by atoms with van der Waals surface area (Å²) in [5.41, 5.74) is 0.506. The molecule has 0 radical (unpaired) electrons. The molecule has 0 unspecified atom stereocenters. The average molecular weight is 379 g/mol. The number of aryl methyl sites for hydroxylation is 1. The van der Waals surface area contributed by atoms with Crippen LogP contribution in [0.3, 0.4) is 0 Å². The van der Waals surface area contributed by atoms with Crippen LogP contribution >= 0.6 is 11.3 Å². The molecule has 142 valence electrons. The fourth-order valence-electron chi connectivity index (χ4n) is 3.01. The minimum Gasteiger partial charge on any atom is -0.379 e. The Balaban J connectivity index is 1.72. The Hall–Kier alpha value is -1.81. The van der Waals surface area contributed by atoms with Gasteiger partial charge in [-0.05, 0) is 26.6 Å². The lowest BCUT2D eigenvalue weighted by Gasteiger charge is -2.26. The van der Waals surface area contributed by atoms with Crippen molar-refractivity contribution in [2.75, 3.05) is 53.5 Å². The number of nitrogens with one attached hydrogen (secondary N) is 2. The third-order valence-corrected chi connectivity index (χ3v) is 5.52. The summed E-state index contributed by atoms with van der Waals surface area (Å²) in [6, 6.07) is 0. The van der Waals surface area contributed by atoms with Crippen molar-refractivity contribution in [2.45, 2.75) is 13.5 Å². The van der Waals surface area contributed by atoms with E-state index < -0.39 is 0 Å². The summed E-state index contributed by atoms with van der Waals surface area (Å²) < 4.78 is 5.32. The fraction of sp³-hybridized carbons (Fsp3) is 0.588. The first-order chi connectivity index (χ1) is 12.5. The predicted octanol–water partition coefficient (Wildman–Crippen LogP) is 0.417. The smallest absolute Gasteiger partial charge is 0.261 e. The molecule has 0 aliphatic carbocycles. The highest BCUT2D eigenvalue weighted by atomic mass is 32.1. The van der Waals surface area contributed by atoms with Crippen molar-refractivity contribution in [1.29, 1.82) is 0 Å². The fourth-order valence-corrected chi connectivity index (χ4v) is 4.13. The van der Waals surface area contributed by atoms with E-state index in [1.54, 1.807) is 6.92 Å². The van der Waals surface area contributed by atoms with Crippen LogP contribution in [0.5, 0.6) is 0 Å². The average Bonchev–Trinajstić information content (AvgIpc) is 2.92. The monoisotopic (exact) mass is 379 g/mol. The van der Waals surface area contributed by atoms with Gasteiger partial charge in [0.05, 0.1) is 30.0 Å². The van der Waals surface area contributed by atoms with Gasteiger partial charge in [-0.1, -0.05) is 0 Å². The van der Waals surface area contributed by atoms with Crippen molar-refractivity contribution in [1.82, 2.24) is 25.1 Å². The highest BCUT2D eigenvalue weighted by Crippen LogP contribution is 2.26. The molecule has 2 aromatic heterocycles. The Kier molecular flexibility index (Phi) is 6.02. The summed E-state index contributed by atoms with van der Waals surface area (Å²) >= 11 is 1.28. The highest BCUT2D eigenvalue weighted by molar-refractivity contribution is 7.20. The van der Waals surface area contributed by atoms with Gasteiger partial charge in [0.1, 0.15) is 10.7 Å². The van der Waals surface area contributed by atoms with Crippen molar-refractivity contribution in [2.24, 2.45) is 0 Å². The third-order valence-electron chi connectivity index (χ3n) is 4.34. The van der Waals surface area contributed by atoms with Crippen LogP contribution in [0, 0.1) is 6.92 Å². The number of aromatic amines is 1. The van der Waals surface area contributed by atoms with Crippen molar-refractivity contribution >= 4 is 27.5 Å². The molecule has 2 N–H and O–H groups in total. The Morgan fingerprint density at radius 1 is 1.38 bits per heavy atom. The Labute approximate surface area is 156 Å². The van der Waals surface area contributed by atoms with Crippen LogP contribution in [0.4, 0.5) is 0 Å². The van der Waals surface area contributed by atoms with Crippen molar-refractivity contribution in [3.8, 4) is 0 Å². The first-order valence-corrected chi connectivity index (χ1v) is 9.52. The minimum atomic E-state index is -0.187. The van der Waals surface area contributed by atoms with E-state index >= 15 is 0 Å². The predicted molar refractivity (Wildman–Crippen MR) is 102 cm³/mol. The van der Waals surface area contributed by atoms with Crippen LogP contribution in [0.2, 0.25) is 0 Å². The topological polar surface area (TPSA) is 90.6 Å². The number of H-pyrrole nitrogens is 1. The number of aromatic nitrogens is 2. The lowest BCUT2D eigenvalue weighted by molar-refractivity contribution is 0.0383. The number of carbonyl (C=O) groups excluding carboxylic acids is 1. The zero-order valence-electron chi connectivity index (χ0n) is 15.4. The summed E-state index contributed by atoms with van der Waals surface area (Å²) in [6.07, 6.45) is 0. The highest BCUT2D eigenvalue weighted by Gasteiger charge is 2.19. The Bertz CT molecular complexity index is 839. The Morgan fingerprint density at radius 3 is 2.81 bits per heavy atom. The molecule has 1 saturated heterocycles. The second-order valence-corrected chi connectivity index (χ2v) is 7.70. The maximum absolute atomic E-state index is 12.6. The van der Waals surface area contributed by atoms with Gasteiger partial charge in [0.15, 0.2) is 0 Å². The number of amides is 1. The van der Waals surface area contributed by atoms with Crippen molar-refractivity contribution in [3.05, 3.63) is 26.6 Å². The molecular weight excluding hydrogens is 354 g/mol. The standard InChI is InChI=1S/C17H25N5O3S/c1-11-13-15(23)19-12(10-21(2)3)20-17(13)26-14(11)16(24)18-4-5-22-6-8-25-9-7-22/h4-10H2,1-3H3,(H,18,24)(H,19,20,23). The number of ether oxygens (including phenoxy) is 1. The first-order valence-electron chi connectivity index (χ1n) is 8.71. The minimum absolute atomic E-state index is 0.146. The molecule has 1 aliphatic heterocycles. The first kappa shape index (κ1) is 19.0. The van der Waals surface area contributed by atoms with Gasteiger partial charge in [-0.3, -0.25) is 14.5 Å². The molecule has 0 saturated carbocycles. The van der Waals surface area contributed by atoms with E-state index in [9.17, 15) is 9.59 Å². The number of thiophene rings is 1. The lowest BCUT2D eigenvalue weighted by Crippen LogP contribution is -2.41. The molecule has 8 nitrogen and oxygen atoms in total. The maximum atomic E-state index is 12.6. The lowest BCUT2D eigenvalue weighted by atomic mass is 10.2. The SMILES string of the molecule is Cc1c(C(=O)NCCN2CCOCC2)sc2nc(CN(C)C)[nH]c(=O)c12. The molecule has 1 aliphatic rings. The second kappa shape index (κ2) is 8.26. The van der Waals surface area contributed by atoms with E-state index in [0.29, 0.717) is 39.6 Å². The summed E-state index contributed by atoms with van der Waals surface area (Å²) in [4.78, 5) is 37.7. The normalized spacial score (nSPS) is 15.7. The van der Waals surface area contributed by atoms with E-state index in [1.807, 2.05) is 19.0 Å². The van der Waals surface area contributed by atoms with E-state index in [2.05, 4.69) is 20.2 Å². The van der Waals surface area contributed by atoms with Gasteiger partial charge in [0.2, 0.25) is 0 Å². The molecule has 0 atom stereocenters. The summed E-state index contributed by atoms with van der Waals surface area (Å²) in [5.74, 6) is 0.459. The van der Waals surface area contributed by atoms with E-state index in [-0.39, 0.29) is 11.5 Å². The van der Waals surface area contributed by atoms with E-state index in [0.717, 1.165) is 32.8 Å². The second-order valence-electron chi connectivity index (χ2n) is 6.70. The molecule has 1 fully saturated rings. The number of hydrogen-bond donors (Lipinski definition) is 2. The maximum Gasteiger partial charge on any atom is 0.261 e. The van der Waals surface area contributed by atoms with Gasteiger partial charge in [0.25, 0.3) is 11.5 Å². The molecule has 9 heteroatoms. The number of nitrogens with zero attached hydrogens (tertiary/aromatic N) is 3. The van der Waals surface area contributed by atoms with Gasteiger partial charge in [-0.15, -0.1) is 11.3 Å². The zero-order chi connectivity index (χ0) is 18.7. The summed E-state index contributed by atoms with van der Waals surface area (Å²) in [5, 5.41) is 3.47. The van der Waals surface area contributed by atoms with Gasteiger partial charge in [0, 0.05) is 26.2 Å². The molecule has 3 heterocycles. The van der Waals surface area contributed by atoms with Crippen LogP contribution in [-0.4, -0.2) is 79.2 Å². The van der Waals surface area contributed by atoms with Crippen molar-refractivity contribution < 1.29 is 9.53 Å².